The Bertz CT molecular complexity index is 431. The van der Waals surface area contributed by atoms with Crippen molar-refractivity contribution in [3.8, 4) is 5.75 Å². The molecular weight excluding hydrogens is 362 g/mol. The van der Waals surface area contributed by atoms with Gasteiger partial charge in [0.25, 0.3) is 5.91 Å². The van der Waals surface area contributed by atoms with Crippen LogP contribution in [0.3, 0.4) is 0 Å². The maximum absolute atomic E-state index is 11.9. The molecule has 1 aromatic carbocycles. The molecule has 98 valence electrons. The first-order chi connectivity index (χ1) is 8.66. The van der Waals surface area contributed by atoms with Crippen LogP contribution in [0.15, 0.2) is 27.1 Å². The predicted molar refractivity (Wildman–Crippen MR) is 77.8 cm³/mol. The number of carbonyl (C=O) groups excluding carboxylic acids is 1. The second kappa shape index (κ2) is 6.57. The van der Waals surface area contributed by atoms with E-state index in [9.17, 15) is 4.79 Å². The number of rotatable bonds is 3. The molecule has 0 radical (unpaired) electrons. The maximum atomic E-state index is 11.9. The lowest BCUT2D eigenvalue weighted by Crippen LogP contribution is -2.38. The number of likely N-dealkylation sites (tertiary alicyclic amines) is 1. The van der Waals surface area contributed by atoms with Crippen molar-refractivity contribution in [3.63, 3.8) is 0 Å². The van der Waals surface area contributed by atoms with Crippen LogP contribution in [0, 0.1) is 0 Å². The van der Waals surface area contributed by atoms with E-state index in [-0.39, 0.29) is 12.5 Å². The zero-order chi connectivity index (χ0) is 13.0. The average molecular weight is 377 g/mol. The number of hydrogen-bond donors (Lipinski definition) is 0. The van der Waals surface area contributed by atoms with Gasteiger partial charge in [0.05, 0.1) is 4.47 Å². The van der Waals surface area contributed by atoms with Crippen molar-refractivity contribution in [2.75, 3.05) is 19.7 Å². The predicted octanol–water partition coefficient (Wildman–Crippen LogP) is 3.60. The van der Waals surface area contributed by atoms with Crippen LogP contribution >= 0.6 is 31.9 Å². The lowest BCUT2D eigenvalue weighted by molar-refractivity contribution is -0.134. The molecule has 0 aromatic heterocycles. The number of piperidine rings is 1. The van der Waals surface area contributed by atoms with Crippen molar-refractivity contribution in [3.05, 3.63) is 27.1 Å². The van der Waals surface area contributed by atoms with Gasteiger partial charge in [-0.3, -0.25) is 4.79 Å². The highest BCUT2D eigenvalue weighted by Crippen LogP contribution is 2.28. The van der Waals surface area contributed by atoms with Gasteiger partial charge in [0.1, 0.15) is 5.75 Å². The summed E-state index contributed by atoms with van der Waals surface area (Å²) in [6, 6.07) is 5.64. The fourth-order valence-electron chi connectivity index (χ4n) is 1.97. The van der Waals surface area contributed by atoms with Crippen LogP contribution in [-0.4, -0.2) is 30.5 Å². The Morgan fingerprint density at radius 2 is 1.94 bits per heavy atom. The highest BCUT2D eigenvalue weighted by Gasteiger charge is 2.17. The first-order valence-corrected chi connectivity index (χ1v) is 7.61. The Morgan fingerprint density at radius 1 is 1.22 bits per heavy atom. The highest BCUT2D eigenvalue weighted by molar-refractivity contribution is 9.11. The number of halogens is 2. The first-order valence-electron chi connectivity index (χ1n) is 6.02. The Kier molecular flexibility index (Phi) is 5.06. The van der Waals surface area contributed by atoms with E-state index in [0.717, 1.165) is 34.9 Å². The van der Waals surface area contributed by atoms with Gasteiger partial charge in [-0.25, -0.2) is 0 Å². The smallest absolute Gasteiger partial charge is 0.260 e. The molecule has 1 amide bonds. The molecule has 2 rings (SSSR count). The van der Waals surface area contributed by atoms with E-state index < -0.39 is 0 Å². The summed E-state index contributed by atoms with van der Waals surface area (Å²) in [6.45, 7) is 1.84. The monoisotopic (exact) mass is 375 g/mol. The van der Waals surface area contributed by atoms with Crippen molar-refractivity contribution in [2.45, 2.75) is 19.3 Å². The van der Waals surface area contributed by atoms with Gasteiger partial charge in [-0.15, -0.1) is 0 Å². The van der Waals surface area contributed by atoms with E-state index in [0.29, 0.717) is 5.75 Å². The molecule has 0 bridgehead atoms. The van der Waals surface area contributed by atoms with Gasteiger partial charge in [-0.05, 0) is 53.4 Å². The SMILES string of the molecule is O=C(COc1ccc(Br)cc1Br)N1CCCCC1. The summed E-state index contributed by atoms with van der Waals surface area (Å²) in [4.78, 5) is 13.8. The third-order valence-corrected chi connectivity index (χ3v) is 4.07. The van der Waals surface area contributed by atoms with Gasteiger partial charge in [0.2, 0.25) is 0 Å². The second-order valence-electron chi connectivity index (χ2n) is 4.30. The molecule has 0 spiro atoms. The summed E-state index contributed by atoms with van der Waals surface area (Å²) in [7, 11) is 0. The van der Waals surface area contributed by atoms with Crippen LogP contribution in [0.2, 0.25) is 0 Å². The van der Waals surface area contributed by atoms with Crippen molar-refractivity contribution >= 4 is 37.8 Å². The van der Waals surface area contributed by atoms with Gasteiger partial charge < -0.3 is 9.64 Å². The molecule has 18 heavy (non-hydrogen) atoms. The second-order valence-corrected chi connectivity index (χ2v) is 6.07. The molecule has 1 fully saturated rings. The van der Waals surface area contributed by atoms with Gasteiger partial charge in [0, 0.05) is 17.6 Å². The lowest BCUT2D eigenvalue weighted by Gasteiger charge is -2.26. The number of ether oxygens (including phenoxy) is 1. The molecule has 0 unspecified atom stereocenters. The van der Waals surface area contributed by atoms with Gasteiger partial charge in [-0.2, -0.15) is 0 Å². The van der Waals surface area contributed by atoms with Gasteiger partial charge in [-0.1, -0.05) is 15.9 Å². The summed E-state index contributed by atoms with van der Waals surface area (Å²) < 4.78 is 7.37. The zero-order valence-electron chi connectivity index (χ0n) is 9.99. The van der Waals surface area contributed by atoms with Crippen molar-refractivity contribution in [1.29, 1.82) is 0 Å². The first kappa shape index (κ1) is 13.9. The molecule has 1 saturated heterocycles. The van der Waals surface area contributed by atoms with Gasteiger partial charge in [0.15, 0.2) is 6.61 Å². The number of hydrogen-bond acceptors (Lipinski definition) is 2. The number of carbonyl (C=O) groups is 1. The molecule has 5 heteroatoms. The van der Waals surface area contributed by atoms with Crippen LogP contribution in [0.25, 0.3) is 0 Å². The van der Waals surface area contributed by atoms with E-state index in [1.165, 1.54) is 6.42 Å². The van der Waals surface area contributed by atoms with Crippen molar-refractivity contribution in [1.82, 2.24) is 4.90 Å². The molecule has 0 saturated carbocycles. The Morgan fingerprint density at radius 3 is 2.61 bits per heavy atom. The van der Waals surface area contributed by atoms with Crippen LogP contribution in [0.5, 0.6) is 5.75 Å². The number of nitrogens with zero attached hydrogens (tertiary/aromatic N) is 1. The molecule has 0 N–H and O–H groups in total. The maximum Gasteiger partial charge on any atom is 0.260 e. The highest BCUT2D eigenvalue weighted by atomic mass is 79.9. The molecule has 1 aromatic rings. The molecule has 0 aliphatic carbocycles. The summed E-state index contributed by atoms with van der Waals surface area (Å²) in [5, 5.41) is 0. The van der Waals surface area contributed by atoms with E-state index in [2.05, 4.69) is 31.9 Å². The van der Waals surface area contributed by atoms with Crippen LogP contribution in [0.4, 0.5) is 0 Å². The molecule has 0 atom stereocenters. The number of amides is 1. The third kappa shape index (κ3) is 3.72. The third-order valence-electron chi connectivity index (χ3n) is 2.95. The molecule has 3 nitrogen and oxygen atoms in total. The minimum absolute atomic E-state index is 0.0736. The van der Waals surface area contributed by atoms with E-state index in [4.69, 9.17) is 4.74 Å². The van der Waals surface area contributed by atoms with Crippen LogP contribution < -0.4 is 4.74 Å². The van der Waals surface area contributed by atoms with Crippen LogP contribution in [-0.2, 0) is 4.79 Å². The zero-order valence-corrected chi connectivity index (χ0v) is 13.2. The number of benzene rings is 1. The van der Waals surface area contributed by atoms with E-state index >= 15 is 0 Å². The Labute approximate surface area is 124 Å². The molecule has 1 heterocycles. The normalized spacial score (nSPS) is 15.6. The van der Waals surface area contributed by atoms with E-state index in [1.54, 1.807) is 0 Å². The fourth-order valence-corrected chi connectivity index (χ4v) is 3.13. The summed E-state index contributed by atoms with van der Waals surface area (Å²) >= 11 is 6.79. The molecule has 1 aliphatic rings. The Hall–Kier alpha value is -0.550. The minimum Gasteiger partial charge on any atom is -0.483 e. The lowest BCUT2D eigenvalue weighted by atomic mass is 10.1. The van der Waals surface area contributed by atoms with Crippen molar-refractivity contribution in [2.24, 2.45) is 0 Å². The van der Waals surface area contributed by atoms with Crippen molar-refractivity contribution < 1.29 is 9.53 Å². The topological polar surface area (TPSA) is 29.5 Å². The minimum atomic E-state index is 0.0736. The summed E-state index contributed by atoms with van der Waals surface area (Å²) in [5.41, 5.74) is 0. The molecular formula is C13H15Br2NO2. The van der Waals surface area contributed by atoms with Gasteiger partial charge >= 0.3 is 0 Å². The summed E-state index contributed by atoms with van der Waals surface area (Å²) in [6.07, 6.45) is 3.43. The standard InChI is InChI=1S/C13H15Br2NO2/c14-10-4-5-12(11(15)8-10)18-9-13(17)16-6-2-1-3-7-16/h4-5,8H,1-3,6-7,9H2. The fraction of sp³-hybridized carbons (Fsp3) is 0.462. The quantitative estimate of drug-likeness (QED) is 0.806. The average Bonchev–Trinajstić information content (AvgIpc) is 2.38. The summed E-state index contributed by atoms with van der Waals surface area (Å²) in [5.74, 6) is 0.771. The largest absolute Gasteiger partial charge is 0.483 e. The molecule has 1 aliphatic heterocycles. The van der Waals surface area contributed by atoms with Crippen LogP contribution in [0.1, 0.15) is 19.3 Å². The van der Waals surface area contributed by atoms with E-state index in [1.807, 2.05) is 23.1 Å². The Balaban J connectivity index is 1.88.